The predicted molar refractivity (Wildman–Crippen MR) is 128 cm³/mol. The first-order valence-electron chi connectivity index (χ1n) is 12.2. The van der Waals surface area contributed by atoms with Gasteiger partial charge in [0.1, 0.15) is 0 Å². The van der Waals surface area contributed by atoms with Gasteiger partial charge >= 0.3 is 12.1 Å². The highest BCUT2D eigenvalue weighted by molar-refractivity contribution is 5.99. The van der Waals surface area contributed by atoms with Gasteiger partial charge in [-0.25, -0.2) is 4.68 Å². The average molecular weight is 508 g/mol. The van der Waals surface area contributed by atoms with Crippen molar-refractivity contribution in [3.8, 4) is 5.69 Å². The standard InChI is InChI=1S/C25H32F3N5O3/c1-24(2)10-9-16-20(12-24)33(32-22(16)25(26,27)28)14-7-8-15(23(29)36)19(11-14)31-18-6-4-3-5-17(18)30-13-21(34)35/h7-8,11,17-18,30-31H,3-6,9-10,12-13H2,1-2H3,(H2,29,36)(H,34,35). The van der Waals surface area contributed by atoms with E-state index in [0.717, 1.165) is 25.7 Å². The molecule has 2 aromatic rings. The average Bonchev–Trinajstić information content (AvgIpc) is 3.16. The molecule has 196 valence electrons. The van der Waals surface area contributed by atoms with Crippen LogP contribution in [0.2, 0.25) is 0 Å². The van der Waals surface area contributed by atoms with Gasteiger partial charge in [0, 0.05) is 29.0 Å². The summed E-state index contributed by atoms with van der Waals surface area (Å²) in [4.78, 5) is 23.2. The van der Waals surface area contributed by atoms with Crippen molar-refractivity contribution >= 4 is 17.6 Å². The van der Waals surface area contributed by atoms with Crippen molar-refractivity contribution in [3.63, 3.8) is 0 Å². The lowest BCUT2D eigenvalue weighted by Gasteiger charge is -2.34. The number of alkyl halides is 3. The molecule has 2 unspecified atom stereocenters. The van der Waals surface area contributed by atoms with E-state index in [1.165, 1.54) is 10.7 Å². The summed E-state index contributed by atoms with van der Waals surface area (Å²) >= 11 is 0. The fourth-order valence-electron chi connectivity index (χ4n) is 5.34. The zero-order chi connectivity index (χ0) is 26.3. The monoisotopic (exact) mass is 507 g/mol. The lowest BCUT2D eigenvalue weighted by molar-refractivity contribution is -0.142. The molecule has 11 heteroatoms. The summed E-state index contributed by atoms with van der Waals surface area (Å²) in [6.07, 6.45) is 0.149. The van der Waals surface area contributed by atoms with Crippen LogP contribution in [-0.2, 0) is 23.8 Å². The molecule has 2 aliphatic carbocycles. The molecule has 2 aliphatic rings. The Balaban J connectivity index is 1.74. The Morgan fingerprint density at radius 1 is 1.22 bits per heavy atom. The number of carboxylic acid groups (broad SMARTS) is 1. The molecule has 8 nitrogen and oxygen atoms in total. The van der Waals surface area contributed by atoms with Gasteiger partial charge in [-0.1, -0.05) is 26.7 Å². The van der Waals surface area contributed by atoms with Crippen LogP contribution in [0, 0.1) is 5.41 Å². The van der Waals surface area contributed by atoms with Crippen LogP contribution in [0.25, 0.3) is 5.69 Å². The topological polar surface area (TPSA) is 122 Å². The minimum Gasteiger partial charge on any atom is -0.480 e. The van der Waals surface area contributed by atoms with Crippen LogP contribution in [0.5, 0.6) is 0 Å². The van der Waals surface area contributed by atoms with Crippen molar-refractivity contribution in [1.29, 1.82) is 0 Å². The van der Waals surface area contributed by atoms with Gasteiger partial charge in [0.2, 0.25) is 0 Å². The van der Waals surface area contributed by atoms with Crippen LogP contribution < -0.4 is 16.4 Å². The Hall–Kier alpha value is -3.08. The number of aromatic nitrogens is 2. The normalized spacial score (nSPS) is 21.6. The molecule has 1 fully saturated rings. The molecule has 1 heterocycles. The third-order valence-electron chi connectivity index (χ3n) is 7.19. The number of anilines is 1. The zero-order valence-corrected chi connectivity index (χ0v) is 20.4. The number of fused-ring (bicyclic) bond motifs is 1. The number of benzene rings is 1. The summed E-state index contributed by atoms with van der Waals surface area (Å²) in [6.45, 7) is 3.86. The highest BCUT2D eigenvalue weighted by Gasteiger charge is 2.42. The summed E-state index contributed by atoms with van der Waals surface area (Å²) < 4.78 is 42.8. The molecule has 2 atom stereocenters. The van der Waals surface area contributed by atoms with E-state index < -0.39 is 23.7 Å². The van der Waals surface area contributed by atoms with Gasteiger partial charge in [-0.3, -0.25) is 9.59 Å². The first-order chi connectivity index (χ1) is 16.9. The second kappa shape index (κ2) is 9.76. The SMILES string of the molecule is CC1(C)CCc2c(C(F)(F)F)nn(-c3ccc(C(N)=O)c(NC4CCCCC4NCC(=O)O)c3)c2C1. The zero-order valence-electron chi connectivity index (χ0n) is 20.4. The molecule has 1 aromatic carbocycles. The molecule has 0 aliphatic heterocycles. The summed E-state index contributed by atoms with van der Waals surface area (Å²) in [5.74, 6) is -1.64. The van der Waals surface area contributed by atoms with Crippen LogP contribution in [0.1, 0.15) is 73.3 Å². The fourth-order valence-corrected chi connectivity index (χ4v) is 5.34. The van der Waals surface area contributed by atoms with Gasteiger partial charge in [-0.05, 0) is 55.7 Å². The van der Waals surface area contributed by atoms with Crippen molar-refractivity contribution in [3.05, 3.63) is 40.7 Å². The van der Waals surface area contributed by atoms with E-state index in [1.807, 2.05) is 13.8 Å². The second-order valence-electron chi connectivity index (χ2n) is 10.5. The highest BCUT2D eigenvalue weighted by Crippen LogP contribution is 2.42. The first kappa shape index (κ1) is 26.0. The summed E-state index contributed by atoms with van der Waals surface area (Å²) in [6, 6.07) is 4.34. The van der Waals surface area contributed by atoms with Crippen LogP contribution in [0.15, 0.2) is 18.2 Å². The number of carbonyl (C=O) groups excluding carboxylic acids is 1. The molecule has 0 spiro atoms. The lowest BCUT2D eigenvalue weighted by atomic mass is 9.76. The van der Waals surface area contributed by atoms with Gasteiger partial charge in [-0.2, -0.15) is 18.3 Å². The maximum absolute atomic E-state index is 13.8. The smallest absolute Gasteiger partial charge is 0.435 e. The first-order valence-corrected chi connectivity index (χ1v) is 12.2. The Bertz CT molecular complexity index is 1160. The van der Waals surface area contributed by atoms with Crippen molar-refractivity contribution in [2.24, 2.45) is 11.1 Å². The van der Waals surface area contributed by atoms with Gasteiger partial charge in [0.15, 0.2) is 5.69 Å². The van der Waals surface area contributed by atoms with E-state index in [4.69, 9.17) is 10.8 Å². The number of nitrogens with two attached hydrogens (primary N) is 1. The number of rotatable bonds is 7. The van der Waals surface area contributed by atoms with Gasteiger partial charge < -0.3 is 21.5 Å². The van der Waals surface area contributed by atoms with E-state index in [0.29, 0.717) is 36.3 Å². The number of amides is 1. The van der Waals surface area contributed by atoms with Gasteiger partial charge in [-0.15, -0.1) is 0 Å². The molecular formula is C25H32F3N5O3. The third kappa shape index (κ3) is 5.50. The number of halogens is 3. The number of carboxylic acids is 1. The Labute approximate surface area is 207 Å². The molecule has 4 rings (SSSR count). The molecule has 1 saturated carbocycles. The fraction of sp³-hybridized carbons (Fsp3) is 0.560. The number of nitrogens with zero attached hydrogens (tertiary/aromatic N) is 2. The minimum absolute atomic E-state index is 0.144. The van der Waals surface area contributed by atoms with Crippen LogP contribution in [-0.4, -0.2) is 45.4 Å². The van der Waals surface area contributed by atoms with Gasteiger partial charge in [0.25, 0.3) is 5.91 Å². The number of aliphatic carboxylic acids is 1. The lowest BCUT2D eigenvalue weighted by Crippen LogP contribution is -2.48. The van der Waals surface area contributed by atoms with Crippen LogP contribution in [0.4, 0.5) is 18.9 Å². The van der Waals surface area contributed by atoms with Crippen LogP contribution >= 0.6 is 0 Å². The third-order valence-corrected chi connectivity index (χ3v) is 7.19. The minimum atomic E-state index is -4.57. The Morgan fingerprint density at radius 2 is 1.92 bits per heavy atom. The Morgan fingerprint density at radius 3 is 2.56 bits per heavy atom. The largest absolute Gasteiger partial charge is 0.480 e. The van der Waals surface area contributed by atoms with E-state index in [-0.39, 0.29) is 35.2 Å². The Kier molecular flexibility index (Phi) is 7.05. The summed E-state index contributed by atoms with van der Waals surface area (Å²) in [5.41, 5.74) is 6.31. The second-order valence-corrected chi connectivity index (χ2v) is 10.5. The maximum Gasteiger partial charge on any atom is 0.435 e. The number of nitrogens with one attached hydrogen (secondary N) is 2. The number of primary amides is 1. The van der Waals surface area contributed by atoms with E-state index >= 15 is 0 Å². The number of hydrogen-bond acceptors (Lipinski definition) is 5. The maximum atomic E-state index is 13.8. The number of carbonyl (C=O) groups is 2. The molecular weight excluding hydrogens is 475 g/mol. The molecule has 1 aromatic heterocycles. The van der Waals surface area contributed by atoms with Crippen LogP contribution in [0.3, 0.4) is 0 Å². The molecule has 1 amide bonds. The molecule has 5 N–H and O–H groups in total. The highest BCUT2D eigenvalue weighted by atomic mass is 19.4. The van der Waals surface area contributed by atoms with Crippen molar-refractivity contribution in [2.75, 3.05) is 11.9 Å². The molecule has 0 radical (unpaired) electrons. The van der Waals surface area contributed by atoms with Gasteiger partial charge in [0.05, 0.1) is 17.8 Å². The van der Waals surface area contributed by atoms with E-state index in [2.05, 4.69) is 15.7 Å². The summed E-state index contributed by atoms with van der Waals surface area (Å²) in [7, 11) is 0. The van der Waals surface area contributed by atoms with Crippen molar-refractivity contribution in [1.82, 2.24) is 15.1 Å². The summed E-state index contributed by atoms with van der Waals surface area (Å²) in [5, 5.41) is 19.4. The molecule has 36 heavy (non-hydrogen) atoms. The quantitative estimate of drug-likeness (QED) is 0.451. The predicted octanol–water partition coefficient (Wildman–Crippen LogP) is 3.90. The van der Waals surface area contributed by atoms with E-state index in [9.17, 15) is 22.8 Å². The number of hydrogen-bond donors (Lipinski definition) is 4. The van der Waals surface area contributed by atoms with Crippen molar-refractivity contribution in [2.45, 2.75) is 77.1 Å². The van der Waals surface area contributed by atoms with E-state index in [1.54, 1.807) is 12.1 Å². The van der Waals surface area contributed by atoms with Crippen molar-refractivity contribution < 1.29 is 27.9 Å². The molecule has 0 bridgehead atoms. The molecule has 0 saturated heterocycles.